The maximum absolute atomic E-state index is 13.5. The van der Waals surface area contributed by atoms with E-state index in [4.69, 9.17) is 9.47 Å². The summed E-state index contributed by atoms with van der Waals surface area (Å²) in [5, 5.41) is 21.1. The Labute approximate surface area is 202 Å². The van der Waals surface area contributed by atoms with Gasteiger partial charge in [0.05, 0.1) is 17.6 Å². The molecule has 0 radical (unpaired) electrons. The predicted molar refractivity (Wildman–Crippen MR) is 124 cm³/mol. The average Bonchev–Trinajstić information content (AvgIpc) is 3.20. The fourth-order valence-corrected chi connectivity index (χ4v) is 4.98. The van der Waals surface area contributed by atoms with Crippen LogP contribution in [0.2, 0.25) is 0 Å². The van der Waals surface area contributed by atoms with Gasteiger partial charge in [-0.2, -0.15) is 18.4 Å². The number of thiophene rings is 1. The number of fused-ring (bicyclic) bond motifs is 1. The normalized spacial score (nSPS) is 13.3. The molecule has 0 aliphatic heterocycles. The molecule has 11 heteroatoms. The third kappa shape index (κ3) is 5.12. The summed E-state index contributed by atoms with van der Waals surface area (Å²) in [5.74, 6) is -0.453. The molecule has 0 atom stereocenters. The molecular weight excluding hydrogens is 483 g/mol. The highest BCUT2D eigenvalue weighted by Gasteiger charge is 2.36. The third-order valence-electron chi connectivity index (χ3n) is 5.48. The largest absolute Gasteiger partial charge is 0.493 e. The average molecular weight is 501 g/mol. The number of nitro groups is 1. The van der Waals surface area contributed by atoms with Gasteiger partial charge in [0.15, 0.2) is 11.5 Å². The van der Waals surface area contributed by atoms with Crippen LogP contribution in [0.5, 0.6) is 17.2 Å². The minimum absolute atomic E-state index is 0.00620. The van der Waals surface area contributed by atoms with E-state index >= 15 is 0 Å². The third-order valence-corrected chi connectivity index (χ3v) is 6.68. The number of ether oxygens (including phenoxy) is 2. The lowest BCUT2D eigenvalue weighted by Crippen LogP contribution is -2.08. The zero-order valence-electron chi connectivity index (χ0n) is 18.4. The van der Waals surface area contributed by atoms with Crippen molar-refractivity contribution in [2.24, 2.45) is 4.99 Å². The Morgan fingerprint density at radius 2 is 1.89 bits per heavy atom. The number of aliphatic imine (C=N–C) groups is 1. The number of alkyl halides is 3. The number of hydrogen-bond donors (Lipinski definition) is 0. The summed E-state index contributed by atoms with van der Waals surface area (Å²) in [6.07, 6.45) is 0.631. The van der Waals surface area contributed by atoms with Gasteiger partial charge in [-0.05, 0) is 61.1 Å². The van der Waals surface area contributed by atoms with Crippen LogP contribution in [-0.2, 0) is 19.0 Å². The number of aryl methyl sites for hydroxylation is 1. The van der Waals surface area contributed by atoms with Crippen LogP contribution in [0.15, 0.2) is 41.4 Å². The number of nitriles is 1. The van der Waals surface area contributed by atoms with Crippen LogP contribution < -0.4 is 9.47 Å². The number of rotatable bonds is 6. The smallest absolute Gasteiger partial charge is 0.420 e. The maximum atomic E-state index is 13.5. The van der Waals surface area contributed by atoms with Gasteiger partial charge in [-0.15, -0.1) is 11.3 Å². The van der Waals surface area contributed by atoms with Crippen molar-refractivity contribution in [1.82, 2.24) is 0 Å². The predicted octanol–water partition coefficient (Wildman–Crippen LogP) is 6.98. The minimum atomic E-state index is -4.86. The molecule has 0 spiro atoms. The van der Waals surface area contributed by atoms with Crippen LogP contribution in [0, 0.1) is 21.4 Å². The highest BCUT2D eigenvalue weighted by Crippen LogP contribution is 2.42. The van der Waals surface area contributed by atoms with E-state index in [-0.39, 0.29) is 11.5 Å². The molecule has 0 saturated heterocycles. The van der Waals surface area contributed by atoms with Crippen molar-refractivity contribution < 1.29 is 27.6 Å². The lowest BCUT2D eigenvalue weighted by atomic mass is 9.96. The molecule has 1 aliphatic rings. The van der Waals surface area contributed by atoms with E-state index in [1.54, 1.807) is 12.3 Å². The number of hydrogen-bond acceptors (Lipinski definition) is 7. The Hall–Kier alpha value is -3.91. The highest BCUT2D eigenvalue weighted by molar-refractivity contribution is 7.16. The molecule has 3 aromatic rings. The van der Waals surface area contributed by atoms with Crippen LogP contribution in [0.25, 0.3) is 0 Å². The van der Waals surface area contributed by atoms with Crippen LogP contribution in [0.4, 0.5) is 23.9 Å². The van der Waals surface area contributed by atoms with Gasteiger partial charge < -0.3 is 9.47 Å². The summed E-state index contributed by atoms with van der Waals surface area (Å²) in [7, 11) is 1.34. The Balaban J connectivity index is 1.63. The second kappa shape index (κ2) is 9.76. The Kier molecular flexibility index (Phi) is 6.75. The number of benzene rings is 2. The van der Waals surface area contributed by atoms with Crippen LogP contribution in [-0.4, -0.2) is 18.2 Å². The molecule has 0 saturated carbocycles. The monoisotopic (exact) mass is 501 g/mol. The van der Waals surface area contributed by atoms with Crippen molar-refractivity contribution in [2.75, 3.05) is 7.11 Å². The molecule has 0 amide bonds. The van der Waals surface area contributed by atoms with Crippen molar-refractivity contribution in [2.45, 2.75) is 31.9 Å². The summed E-state index contributed by atoms with van der Waals surface area (Å²) in [6.45, 7) is 0. The van der Waals surface area contributed by atoms with Gasteiger partial charge in [0, 0.05) is 23.2 Å². The van der Waals surface area contributed by atoms with Gasteiger partial charge in [0.2, 0.25) is 0 Å². The molecule has 0 fully saturated rings. The first-order chi connectivity index (χ1) is 16.7. The SMILES string of the molecule is COc1cc(/C=N/c2sc3c(c2C#N)CCCC3)ccc1Oc1ccc([N+](=O)[O-])cc1C(F)(F)F. The minimum Gasteiger partial charge on any atom is -0.493 e. The molecule has 0 N–H and O–H groups in total. The molecule has 7 nitrogen and oxygen atoms in total. The van der Waals surface area contributed by atoms with E-state index in [1.165, 1.54) is 35.5 Å². The van der Waals surface area contributed by atoms with Gasteiger partial charge >= 0.3 is 6.18 Å². The van der Waals surface area contributed by atoms with Crippen molar-refractivity contribution >= 4 is 28.2 Å². The van der Waals surface area contributed by atoms with E-state index in [2.05, 4.69) is 11.1 Å². The van der Waals surface area contributed by atoms with Gasteiger partial charge in [-0.3, -0.25) is 10.1 Å². The summed E-state index contributed by atoms with van der Waals surface area (Å²) in [6, 6.07) is 9.05. The molecule has 180 valence electrons. The fraction of sp³-hybridized carbons (Fsp3) is 0.250. The van der Waals surface area contributed by atoms with E-state index in [0.29, 0.717) is 22.2 Å². The Morgan fingerprint density at radius 3 is 2.57 bits per heavy atom. The van der Waals surface area contributed by atoms with Crippen molar-refractivity contribution in [3.8, 4) is 23.3 Å². The first-order valence-electron chi connectivity index (χ1n) is 10.5. The number of nitro benzene ring substituents is 1. The zero-order valence-corrected chi connectivity index (χ0v) is 19.2. The zero-order chi connectivity index (χ0) is 25.2. The molecule has 0 unspecified atom stereocenters. The number of non-ortho nitro benzene ring substituents is 1. The topological polar surface area (TPSA) is 97.8 Å². The fourth-order valence-electron chi connectivity index (χ4n) is 3.80. The first kappa shape index (κ1) is 24.2. The lowest BCUT2D eigenvalue weighted by Gasteiger charge is -2.15. The van der Waals surface area contributed by atoms with Gasteiger partial charge in [0.1, 0.15) is 22.4 Å². The highest BCUT2D eigenvalue weighted by atomic mass is 32.1. The van der Waals surface area contributed by atoms with E-state index in [9.17, 15) is 28.5 Å². The van der Waals surface area contributed by atoms with Gasteiger partial charge in [-0.25, -0.2) is 4.99 Å². The molecule has 1 aromatic heterocycles. The molecular formula is C24H18F3N3O4S. The number of methoxy groups -OCH3 is 1. The second-order valence-corrected chi connectivity index (χ2v) is 8.79. The van der Waals surface area contributed by atoms with Crippen LogP contribution >= 0.6 is 11.3 Å². The molecule has 2 aromatic carbocycles. The molecule has 1 aliphatic carbocycles. The molecule has 35 heavy (non-hydrogen) atoms. The summed E-state index contributed by atoms with van der Waals surface area (Å²) in [4.78, 5) is 15.7. The van der Waals surface area contributed by atoms with Crippen LogP contribution in [0.1, 0.15) is 40.0 Å². The summed E-state index contributed by atoms with van der Waals surface area (Å²) < 4.78 is 51.2. The summed E-state index contributed by atoms with van der Waals surface area (Å²) in [5.41, 5.74) is 0.274. The quantitative estimate of drug-likeness (QED) is 0.206. The van der Waals surface area contributed by atoms with Crippen molar-refractivity contribution in [3.05, 3.63) is 73.6 Å². The number of halogens is 3. The Morgan fingerprint density at radius 1 is 1.14 bits per heavy atom. The standard InChI is InChI=1S/C24H18F3N3O4S/c1-33-21-10-14(13-29-23-17(12-28)16-4-2-3-5-22(16)35-23)6-8-20(21)34-19-9-7-15(30(31)32)11-18(19)24(25,26)27/h6-11,13H,2-5H2,1H3/b29-13+. The maximum Gasteiger partial charge on any atom is 0.420 e. The summed E-state index contributed by atoms with van der Waals surface area (Å²) >= 11 is 1.50. The van der Waals surface area contributed by atoms with Crippen molar-refractivity contribution in [3.63, 3.8) is 0 Å². The van der Waals surface area contributed by atoms with E-state index in [0.717, 1.165) is 43.4 Å². The molecule has 0 bridgehead atoms. The Bertz CT molecular complexity index is 1360. The molecule has 1 heterocycles. The first-order valence-corrected chi connectivity index (χ1v) is 11.3. The van der Waals surface area contributed by atoms with Crippen molar-refractivity contribution in [1.29, 1.82) is 5.26 Å². The number of nitrogens with zero attached hydrogens (tertiary/aromatic N) is 3. The van der Waals surface area contributed by atoms with Crippen LogP contribution in [0.3, 0.4) is 0 Å². The van der Waals surface area contributed by atoms with E-state index < -0.39 is 28.1 Å². The molecule has 4 rings (SSSR count). The second-order valence-electron chi connectivity index (χ2n) is 7.71. The van der Waals surface area contributed by atoms with Gasteiger partial charge in [-0.1, -0.05) is 0 Å². The lowest BCUT2D eigenvalue weighted by molar-refractivity contribution is -0.385. The van der Waals surface area contributed by atoms with Gasteiger partial charge in [0.25, 0.3) is 5.69 Å². The van der Waals surface area contributed by atoms with E-state index in [1.807, 2.05) is 0 Å².